The van der Waals surface area contributed by atoms with Crippen molar-refractivity contribution in [3.8, 4) is 0 Å². The summed E-state index contributed by atoms with van der Waals surface area (Å²) in [5, 5.41) is 0. The van der Waals surface area contributed by atoms with Gasteiger partial charge >= 0.3 is 17.1 Å². The number of hydrogen-bond acceptors (Lipinski definition) is 0. The van der Waals surface area contributed by atoms with Crippen molar-refractivity contribution in [2.24, 2.45) is 0 Å². The van der Waals surface area contributed by atoms with E-state index in [0.717, 1.165) is 12.8 Å². The second-order valence-corrected chi connectivity index (χ2v) is 3.27. The van der Waals surface area contributed by atoms with Gasteiger partial charge < -0.3 is 14.4 Å². The van der Waals surface area contributed by atoms with Crippen LogP contribution in [0, 0.1) is 20.4 Å². The first-order valence-corrected chi connectivity index (χ1v) is 5.42. The Hall–Kier alpha value is -0.000519. The van der Waals surface area contributed by atoms with E-state index in [1.807, 2.05) is 12.2 Å². The van der Waals surface area contributed by atoms with Crippen LogP contribution in [-0.2, 0) is 17.1 Å². The molecule has 0 spiro atoms. The van der Waals surface area contributed by atoms with Gasteiger partial charge in [0.1, 0.15) is 0 Å². The smallest absolute Gasteiger partial charge is 0.358 e. The molecule has 0 fully saturated rings. The van der Waals surface area contributed by atoms with Crippen LogP contribution in [0.25, 0.3) is 0 Å². The van der Waals surface area contributed by atoms with E-state index in [9.17, 15) is 0 Å². The summed E-state index contributed by atoms with van der Waals surface area (Å²) in [6, 6.07) is 0. The first-order valence-electron chi connectivity index (χ1n) is 5.42. The first kappa shape index (κ1) is 20.4. The van der Waals surface area contributed by atoms with Crippen molar-refractivity contribution in [1.29, 1.82) is 0 Å². The topological polar surface area (TPSA) is 0 Å². The van der Waals surface area contributed by atoms with Gasteiger partial charge in [-0.05, 0) is 0 Å². The second kappa shape index (κ2) is 19.6. The molecule has 0 bridgehead atoms. The van der Waals surface area contributed by atoms with E-state index in [0.29, 0.717) is 0 Å². The van der Waals surface area contributed by atoms with E-state index >= 15 is 0 Å². The van der Waals surface area contributed by atoms with Gasteiger partial charge in [0.15, 0.2) is 0 Å². The minimum absolute atomic E-state index is 0. The van der Waals surface area contributed by atoms with Crippen molar-refractivity contribution in [2.75, 3.05) is 0 Å². The maximum Gasteiger partial charge on any atom is 3.00 e. The van der Waals surface area contributed by atoms with Gasteiger partial charge in [0.2, 0.25) is 0 Å². The summed E-state index contributed by atoms with van der Waals surface area (Å²) in [6.45, 7) is 6.02. The third-order valence-corrected chi connectivity index (χ3v) is 1.94. The van der Waals surface area contributed by atoms with Crippen LogP contribution in [0.3, 0.4) is 0 Å². The van der Waals surface area contributed by atoms with Crippen LogP contribution in [0.5, 0.6) is 0 Å². The molecule has 0 saturated heterocycles. The van der Waals surface area contributed by atoms with Crippen LogP contribution < -0.4 is 0 Å². The Labute approximate surface area is 108 Å². The van der Waals surface area contributed by atoms with Gasteiger partial charge in [0.25, 0.3) is 0 Å². The zero-order chi connectivity index (χ0) is 9.78. The minimum atomic E-state index is 0. The van der Waals surface area contributed by atoms with E-state index in [1.165, 1.54) is 32.1 Å². The summed E-state index contributed by atoms with van der Waals surface area (Å²) in [7, 11) is 0. The molecule has 1 heteroatoms. The maximum absolute atomic E-state index is 3.78. The van der Waals surface area contributed by atoms with Gasteiger partial charge in [-0.15, -0.1) is 6.42 Å². The summed E-state index contributed by atoms with van der Waals surface area (Å²) in [5.41, 5.74) is 0. The van der Waals surface area contributed by atoms with E-state index < -0.39 is 0 Å². The molecule has 0 heterocycles. The fraction of sp³-hybridized carbons (Fsp3) is 0.571. The average molecular weight is 248 g/mol. The van der Waals surface area contributed by atoms with Crippen molar-refractivity contribution in [1.82, 2.24) is 0 Å². The molecular weight excluding hydrogens is 223 g/mol. The zero-order valence-electron chi connectivity index (χ0n) is 10.3. The summed E-state index contributed by atoms with van der Waals surface area (Å²) in [5.74, 6) is 0. The Bertz CT molecular complexity index is 120. The Kier molecular flexibility index (Phi) is 26.6. The van der Waals surface area contributed by atoms with Gasteiger partial charge in [-0.1, -0.05) is 39.0 Å². The summed E-state index contributed by atoms with van der Waals surface area (Å²) in [6.07, 6.45) is 18.0. The molecule has 0 aliphatic heterocycles. The number of rotatable bonds is 5. The molecule has 1 rings (SSSR count). The van der Waals surface area contributed by atoms with Crippen molar-refractivity contribution in [3.05, 3.63) is 38.7 Å². The molecule has 0 unspecified atom stereocenters. The standard InChI is InChI=1S/C8H17.C5H5.CH3.Mn/c1-3-5-7-8-6-4-2;1-2-4-5-3-1;;/h1,3-8H2,2H3;1-3H,4H2;1H3;/q3*-1;+3. The van der Waals surface area contributed by atoms with Crippen molar-refractivity contribution < 1.29 is 17.1 Å². The quantitative estimate of drug-likeness (QED) is 0.367. The molecular formula is C14H25Mn. The third-order valence-electron chi connectivity index (χ3n) is 1.94. The van der Waals surface area contributed by atoms with Gasteiger partial charge in [-0.2, -0.15) is 12.5 Å². The Balaban J connectivity index is -0.000000180. The minimum Gasteiger partial charge on any atom is -0.358 e. The number of unbranched alkanes of at least 4 members (excludes halogenated alkanes) is 5. The van der Waals surface area contributed by atoms with E-state index in [2.05, 4.69) is 26.0 Å². The van der Waals surface area contributed by atoms with Crippen molar-refractivity contribution in [2.45, 2.75) is 51.9 Å². The SMILES string of the molecule is [C-]1=CC=CC1.[CH2-]CCCCCCC.[CH3-].[Mn+3]. The van der Waals surface area contributed by atoms with E-state index in [-0.39, 0.29) is 24.5 Å². The molecule has 0 amide bonds. The number of hydrogen-bond donors (Lipinski definition) is 0. The van der Waals surface area contributed by atoms with Crippen molar-refractivity contribution >= 4 is 0 Å². The van der Waals surface area contributed by atoms with Gasteiger partial charge in [-0.3, -0.25) is 6.08 Å². The predicted molar refractivity (Wildman–Crippen MR) is 66.7 cm³/mol. The van der Waals surface area contributed by atoms with E-state index in [1.54, 1.807) is 0 Å². The fourth-order valence-electron chi connectivity index (χ4n) is 1.12. The summed E-state index contributed by atoms with van der Waals surface area (Å²) < 4.78 is 0. The molecule has 0 aromatic carbocycles. The third kappa shape index (κ3) is 20.2. The zero-order valence-corrected chi connectivity index (χ0v) is 11.4. The fourth-order valence-corrected chi connectivity index (χ4v) is 1.12. The Morgan fingerprint density at radius 3 is 2.20 bits per heavy atom. The molecule has 0 nitrogen and oxygen atoms in total. The van der Waals surface area contributed by atoms with Gasteiger partial charge in [0, 0.05) is 0 Å². The normalized spacial score (nSPS) is 11.1. The monoisotopic (exact) mass is 248 g/mol. The molecule has 0 saturated carbocycles. The molecule has 15 heavy (non-hydrogen) atoms. The maximum atomic E-state index is 3.78. The van der Waals surface area contributed by atoms with Crippen LogP contribution in [0.1, 0.15) is 51.9 Å². The average Bonchev–Trinajstić information content (AvgIpc) is 2.70. The molecule has 0 aromatic rings. The summed E-state index contributed by atoms with van der Waals surface area (Å²) >= 11 is 0. The van der Waals surface area contributed by atoms with Crippen LogP contribution >= 0.6 is 0 Å². The number of allylic oxidation sites excluding steroid dienone is 4. The van der Waals surface area contributed by atoms with E-state index in [4.69, 9.17) is 0 Å². The van der Waals surface area contributed by atoms with Crippen LogP contribution in [0.4, 0.5) is 0 Å². The van der Waals surface area contributed by atoms with Gasteiger partial charge in [0.05, 0.1) is 0 Å². The molecule has 0 N–H and O–H groups in total. The second-order valence-electron chi connectivity index (χ2n) is 3.27. The van der Waals surface area contributed by atoms with Crippen LogP contribution in [0.2, 0.25) is 0 Å². The van der Waals surface area contributed by atoms with Crippen LogP contribution in [0.15, 0.2) is 18.2 Å². The largest absolute Gasteiger partial charge is 3.00 e. The van der Waals surface area contributed by atoms with Gasteiger partial charge in [-0.25, -0.2) is 12.2 Å². The molecule has 1 aliphatic carbocycles. The van der Waals surface area contributed by atoms with Crippen molar-refractivity contribution in [3.63, 3.8) is 0 Å². The molecule has 88 valence electrons. The Morgan fingerprint density at radius 1 is 1.20 bits per heavy atom. The molecule has 0 aromatic heterocycles. The summed E-state index contributed by atoms with van der Waals surface area (Å²) in [4.78, 5) is 0. The first-order chi connectivity index (χ1) is 6.41. The molecule has 0 atom stereocenters. The molecule has 0 radical (unpaired) electrons. The van der Waals surface area contributed by atoms with Crippen LogP contribution in [-0.4, -0.2) is 0 Å². The predicted octanol–water partition coefficient (Wildman–Crippen LogP) is 4.93. The molecule has 1 aliphatic rings. The Morgan fingerprint density at radius 2 is 1.87 bits per heavy atom.